The van der Waals surface area contributed by atoms with Crippen LogP contribution >= 0.6 is 0 Å². The van der Waals surface area contributed by atoms with Crippen LogP contribution in [-0.2, 0) is 9.59 Å². The Morgan fingerprint density at radius 1 is 1.00 bits per heavy atom. The van der Waals surface area contributed by atoms with Crippen molar-refractivity contribution in [1.82, 2.24) is 10.2 Å². The number of rotatable bonds is 4. The van der Waals surface area contributed by atoms with E-state index in [2.05, 4.69) is 24.4 Å². The predicted octanol–water partition coefficient (Wildman–Crippen LogP) is 2.92. The number of nitrogens with zero attached hydrogens (tertiary/aromatic N) is 1. The van der Waals surface area contributed by atoms with Crippen LogP contribution in [-0.4, -0.2) is 43.0 Å². The molecule has 0 spiro atoms. The normalized spacial score (nSPS) is 24.2. The first-order valence-electron chi connectivity index (χ1n) is 9.82. The second-order valence-electron chi connectivity index (χ2n) is 7.57. The first-order chi connectivity index (χ1) is 12.6. The smallest absolute Gasteiger partial charge is 0.226 e. The molecule has 2 amide bonds. The number of amides is 2. The van der Waals surface area contributed by atoms with Gasteiger partial charge in [0, 0.05) is 44.8 Å². The maximum atomic E-state index is 13.0. The van der Waals surface area contributed by atoms with Crippen LogP contribution in [0.4, 0.5) is 0 Å². The molecule has 1 saturated heterocycles. The van der Waals surface area contributed by atoms with E-state index in [0.717, 1.165) is 44.3 Å². The lowest BCUT2D eigenvalue weighted by Gasteiger charge is -2.37. The van der Waals surface area contributed by atoms with Crippen LogP contribution in [0.2, 0.25) is 0 Å². The lowest BCUT2D eigenvalue weighted by Crippen LogP contribution is -2.48. The number of aryl methyl sites for hydroxylation is 1. The van der Waals surface area contributed by atoms with Crippen molar-refractivity contribution in [3.63, 3.8) is 0 Å². The van der Waals surface area contributed by atoms with Gasteiger partial charge in [-0.3, -0.25) is 9.59 Å². The Balaban J connectivity index is 1.54. The molecule has 2 fully saturated rings. The first kappa shape index (κ1) is 18.7. The summed E-state index contributed by atoms with van der Waals surface area (Å²) in [7, 11) is 1.66. The molecule has 2 atom stereocenters. The Bertz CT molecular complexity index is 621. The molecule has 0 bridgehead atoms. The molecule has 2 aliphatic rings. The van der Waals surface area contributed by atoms with Crippen molar-refractivity contribution in [2.24, 2.45) is 11.8 Å². The van der Waals surface area contributed by atoms with Crippen LogP contribution in [0.3, 0.4) is 0 Å². The van der Waals surface area contributed by atoms with Gasteiger partial charge in [-0.05, 0) is 31.9 Å². The molecule has 1 aromatic rings. The minimum Gasteiger partial charge on any atom is -0.490 e. The first-order valence-corrected chi connectivity index (χ1v) is 9.82. The molecule has 5 heteroatoms. The van der Waals surface area contributed by atoms with E-state index in [4.69, 9.17) is 4.74 Å². The number of likely N-dealkylation sites (tertiary alicyclic amines) is 1. The summed E-state index contributed by atoms with van der Waals surface area (Å²) in [5.41, 5.74) is 1.22. The van der Waals surface area contributed by atoms with Crippen LogP contribution in [0.5, 0.6) is 5.75 Å². The molecule has 5 nitrogen and oxygen atoms in total. The van der Waals surface area contributed by atoms with Crippen molar-refractivity contribution < 1.29 is 14.3 Å². The standard InChI is InChI=1S/C21H30N2O3/c1-15-7-9-16(10-8-15)26-17-11-13-23(14-12-17)21(25)19-6-4-3-5-18(19)20(24)22-2/h7-10,17-19H,3-6,11-14H2,1-2H3,(H,22,24)/t18-,19+/m0/s1. The van der Waals surface area contributed by atoms with E-state index in [0.29, 0.717) is 13.1 Å². The Morgan fingerprint density at radius 2 is 1.62 bits per heavy atom. The lowest BCUT2D eigenvalue weighted by molar-refractivity contribution is -0.145. The second-order valence-corrected chi connectivity index (χ2v) is 7.57. The minimum absolute atomic E-state index is 0.0145. The quantitative estimate of drug-likeness (QED) is 0.900. The average Bonchev–Trinajstić information content (AvgIpc) is 2.69. The Kier molecular flexibility index (Phi) is 6.17. The third-order valence-corrected chi connectivity index (χ3v) is 5.74. The zero-order valence-electron chi connectivity index (χ0n) is 15.9. The number of nitrogens with one attached hydrogen (secondary N) is 1. The van der Waals surface area contributed by atoms with Gasteiger partial charge < -0.3 is 15.0 Å². The van der Waals surface area contributed by atoms with Crippen molar-refractivity contribution in [2.75, 3.05) is 20.1 Å². The van der Waals surface area contributed by atoms with Crippen LogP contribution in [0.25, 0.3) is 0 Å². The van der Waals surface area contributed by atoms with Crippen LogP contribution in [0.1, 0.15) is 44.1 Å². The molecule has 1 N–H and O–H groups in total. The zero-order chi connectivity index (χ0) is 18.5. The third kappa shape index (κ3) is 4.37. The SMILES string of the molecule is CNC(=O)[C@H]1CCCC[C@H]1C(=O)N1CCC(Oc2ccc(C)cc2)CC1. The van der Waals surface area contributed by atoms with Gasteiger partial charge in [0.15, 0.2) is 0 Å². The zero-order valence-corrected chi connectivity index (χ0v) is 15.9. The molecular formula is C21H30N2O3. The fourth-order valence-electron chi connectivity index (χ4n) is 4.16. The second kappa shape index (κ2) is 8.56. The van der Waals surface area contributed by atoms with Gasteiger partial charge in [-0.25, -0.2) is 0 Å². The van der Waals surface area contributed by atoms with Crippen molar-refractivity contribution in [3.8, 4) is 5.75 Å². The summed E-state index contributed by atoms with van der Waals surface area (Å²) >= 11 is 0. The summed E-state index contributed by atoms with van der Waals surface area (Å²) in [4.78, 5) is 27.1. The third-order valence-electron chi connectivity index (χ3n) is 5.74. The molecule has 1 saturated carbocycles. The molecule has 0 radical (unpaired) electrons. The highest BCUT2D eigenvalue weighted by atomic mass is 16.5. The summed E-state index contributed by atoms with van der Waals surface area (Å²) < 4.78 is 6.06. The topological polar surface area (TPSA) is 58.6 Å². The summed E-state index contributed by atoms with van der Waals surface area (Å²) in [5.74, 6) is 0.751. The van der Waals surface area contributed by atoms with Gasteiger partial charge in [0.25, 0.3) is 0 Å². The average molecular weight is 358 g/mol. The number of benzene rings is 1. The molecule has 1 aliphatic heterocycles. The number of hydrogen-bond donors (Lipinski definition) is 1. The summed E-state index contributed by atoms with van der Waals surface area (Å²) in [5, 5.41) is 2.73. The van der Waals surface area contributed by atoms with E-state index in [1.54, 1.807) is 7.05 Å². The molecule has 1 heterocycles. The van der Waals surface area contributed by atoms with E-state index in [9.17, 15) is 9.59 Å². The predicted molar refractivity (Wildman–Crippen MR) is 101 cm³/mol. The molecule has 1 aromatic carbocycles. The highest BCUT2D eigenvalue weighted by Crippen LogP contribution is 2.32. The van der Waals surface area contributed by atoms with Crippen LogP contribution < -0.4 is 10.1 Å². The summed E-state index contributed by atoms with van der Waals surface area (Å²) in [6, 6.07) is 8.11. The summed E-state index contributed by atoms with van der Waals surface area (Å²) in [6.07, 6.45) is 5.57. The van der Waals surface area contributed by atoms with E-state index >= 15 is 0 Å². The number of carbonyl (C=O) groups excluding carboxylic acids is 2. The Labute approximate surface area is 156 Å². The largest absolute Gasteiger partial charge is 0.490 e. The highest BCUT2D eigenvalue weighted by Gasteiger charge is 2.38. The lowest BCUT2D eigenvalue weighted by atomic mass is 9.77. The maximum absolute atomic E-state index is 13.0. The van der Waals surface area contributed by atoms with Gasteiger partial charge in [0.2, 0.25) is 11.8 Å². The van der Waals surface area contributed by atoms with Crippen molar-refractivity contribution in [3.05, 3.63) is 29.8 Å². The fraction of sp³-hybridized carbons (Fsp3) is 0.619. The van der Waals surface area contributed by atoms with Crippen molar-refractivity contribution in [1.29, 1.82) is 0 Å². The van der Waals surface area contributed by atoms with Gasteiger partial charge >= 0.3 is 0 Å². The minimum atomic E-state index is -0.164. The van der Waals surface area contributed by atoms with E-state index in [1.807, 2.05) is 17.0 Å². The summed E-state index contributed by atoms with van der Waals surface area (Å²) in [6.45, 7) is 3.49. The van der Waals surface area contributed by atoms with Gasteiger partial charge in [-0.2, -0.15) is 0 Å². The monoisotopic (exact) mass is 358 g/mol. The van der Waals surface area contributed by atoms with E-state index in [1.165, 1.54) is 5.56 Å². The molecule has 142 valence electrons. The van der Waals surface area contributed by atoms with Gasteiger partial charge in [-0.15, -0.1) is 0 Å². The molecular weight excluding hydrogens is 328 g/mol. The number of ether oxygens (including phenoxy) is 1. The van der Waals surface area contributed by atoms with Gasteiger partial charge in [-0.1, -0.05) is 30.5 Å². The number of carbonyl (C=O) groups is 2. The van der Waals surface area contributed by atoms with E-state index in [-0.39, 0.29) is 29.8 Å². The molecule has 26 heavy (non-hydrogen) atoms. The maximum Gasteiger partial charge on any atom is 0.226 e. The molecule has 0 unspecified atom stereocenters. The van der Waals surface area contributed by atoms with Crippen LogP contribution in [0, 0.1) is 18.8 Å². The number of hydrogen-bond acceptors (Lipinski definition) is 3. The van der Waals surface area contributed by atoms with Crippen molar-refractivity contribution >= 4 is 11.8 Å². The molecule has 0 aromatic heterocycles. The Morgan fingerprint density at radius 3 is 2.23 bits per heavy atom. The van der Waals surface area contributed by atoms with Gasteiger partial charge in [0.1, 0.15) is 11.9 Å². The van der Waals surface area contributed by atoms with Crippen molar-refractivity contribution in [2.45, 2.75) is 51.6 Å². The highest BCUT2D eigenvalue weighted by molar-refractivity contribution is 5.87. The fourth-order valence-corrected chi connectivity index (χ4v) is 4.16. The molecule has 3 rings (SSSR count). The molecule has 1 aliphatic carbocycles. The van der Waals surface area contributed by atoms with E-state index < -0.39 is 0 Å². The van der Waals surface area contributed by atoms with Crippen LogP contribution in [0.15, 0.2) is 24.3 Å². The van der Waals surface area contributed by atoms with Gasteiger partial charge in [0.05, 0.1) is 0 Å². The number of piperidine rings is 1. The Hall–Kier alpha value is -2.04.